The van der Waals surface area contributed by atoms with Crippen molar-refractivity contribution in [3.8, 4) is 11.1 Å². The van der Waals surface area contributed by atoms with Gasteiger partial charge in [-0.25, -0.2) is 4.79 Å². The van der Waals surface area contributed by atoms with Gasteiger partial charge in [0.1, 0.15) is 6.61 Å². The molecule has 0 aliphatic carbocycles. The lowest BCUT2D eigenvalue weighted by molar-refractivity contribution is 0.0951. The molecule has 2 N–H and O–H groups in total. The molecule has 0 saturated heterocycles. The summed E-state index contributed by atoms with van der Waals surface area (Å²) in [7, 11) is 3.99. The van der Waals surface area contributed by atoms with Gasteiger partial charge in [-0.2, -0.15) is 0 Å². The first kappa shape index (κ1) is 29.0. The molecule has 0 radical (unpaired) electrons. The van der Waals surface area contributed by atoms with Crippen LogP contribution in [0.25, 0.3) is 11.1 Å². The van der Waals surface area contributed by atoms with Crippen LogP contribution in [0.4, 0.5) is 10.5 Å². The molecule has 6 heteroatoms. The predicted octanol–water partition coefficient (Wildman–Crippen LogP) is 6.80. The number of nitrogens with zero attached hydrogens (tertiary/aromatic N) is 1. The van der Waals surface area contributed by atoms with Crippen LogP contribution in [0.3, 0.4) is 0 Å². The molecule has 0 atom stereocenters. The second kappa shape index (κ2) is 15.0. The summed E-state index contributed by atoms with van der Waals surface area (Å²) in [5.74, 6) is -0.155. The van der Waals surface area contributed by atoms with Crippen molar-refractivity contribution in [3.05, 3.63) is 125 Å². The molecule has 0 bridgehead atoms. The number of amides is 2. The second-order valence-corrected chi connectivity index (χ2v) is 8.86. The van der Waals surface area contributed by atoms with Crippen LogP contribution >= 0.6 is 0 Å². The van der Waals surface area contributed by atoms with Crippen LogP contribution in [0, 0.1) is 0 Å². The standard InChI is InChI=1S/C31H31N3O3.C2H6/c1-34(2)26-18-16-23(17-19-26)20-32-30(35)29-15-9-8-14-28(29)27-13-7-6-12-25(27)21-33-31(36)37-22-24-10-4-3-5-11-24;1-2/h3-19H,20-22H2,1-2H3,(H,32,35)(H,33,36);1-2H3. The fourth-order valence-electron chi connectivity index (χ4n) is 3.98. The van der Waals surface area contributed by atoms with E-state index in [0.29, 0.717) is 12.1 Å². The smallest absolute Gasteiger partial charge is 0.407 e. The summed E-state index contributed by atoms with van der Waals surface area (Å²) in [6, 6.07) is 32.9. The molecule has 39 heavy (non-hydrogen) atoms. The van der Waals surface area contributed by atoms with E-state index in [-0.39, 0.29) is 19.1 Å². The number of alkyl carbamates (subject to hydrolysis) is 1. The third-order valence-electron chi connectivity index (χ3n) is 6.02. The molecule has 202 valence electrons. The zero-order chi connectivity index (χ0) is 28.0. The van der Waals surface area contributed by atoms with Gasteiger partial charge < -0.3 is 20.3 Å². The largest absolute Gasteiger partial charge is 0.445 e. The van der Waals surface area contributed by atoms with Gasteiger partial charge in [0.25, 0.3) is 5.91 Å². The molecule has 4 aromatic rings. The molecule has 0 aromatic heterocycles. The first-order valence-electron chi connectivity index (χ1n) is 13.2. The molecule has 6 nitrogen and oxygen atoms in total. The Bertz CT molecular complexity index is 1340. The highest BCUT2D eigenvalue weighted by molar-refractivity contribution is 6.01. The second-order valence-electron chi connectivity index (χ2n) is 8.86. The first-order valence-corrected chi connectivity index (χ1v) is 13.2. The zero-order valence-electron chi connectivity index (χ0n) is 23.1. The minimum atomic E-state index is -0.495. The summed E-state index contributed by atoms with van der Waals surface area (Å²) in [5.41, 5.74) is 6.20. The maximum absolute atomic E-state index is 13.2. The van der Waals surface area contributed by atoms with Gasteiger partial charge in [-0.1, -0.05) is 98.8 Å². The van der Waals surface area contributed by atoms with E-state index < -0.39 is 6.09 Å². The van der Waals surface area contributed by atoms with Crippen molar-refractivity contribution in [3.63, 3.8) is 0 Å². The normalized spacial score (nSPS) is 10.1. The highest BCUT2D eigenvalue weighted by atomic mass is 16.5. The third kappa shape index (κ3) is 8.47. The number of carbonyl (C=O) groups excluding carboxylic acids is 2. The molecule has 4 aromatic carbocycles. The van der Waals surface area contributed by atoms with Gasteiger partial charge in [0, 0.05) is 38.4 Å². The summed E-state index contributed by atoms with van der Waals surface area (Å²) in [4.78, 5) is 27.5. The number of carbonyl (C=O) groups is 2. The van der Waals surface area contributed by atoms with E-state index in [1.165, 1.54) is 0 Å². The third-order valence-corrected chi connectivity index (χ3v) is 6.02. The molecule has 0 spiro atoms. The predicted molar refractivity (Wildman–Crippen MR) is 159 cm³/mol. The van der Waals surface area contributed by atoms with Crippen LogP contribution in [0.15, 0.2) is 103 Å². The molecular weight excluding hydrogens is 486 g/mol. The number of nitrogens with one attached hydrogen (secondary N) is 2. The summed E-state index contributed by atoms with van der Waals surface area (Å²) >= 11 is 0. The summed E-state index contributed by atoms with van der Waals surface area (Å²) in [6.45, 7) is 4.91. The highest BCUT2D eigenvalue weighted by Gasteiger charge is 2.15. The number of ether oxygens (including phenoxy) is 1. The van der Waals surface area contributed by atoms with E-state index >= 15 is 0 Å². The quantitative estimate of drug-likeness (QED) is 0.253. The van der Waals surface area contributed by atoms with E-state index in [1.807, 2.05) is 136 Å². The van der Waals surface area contributed by atoms with Crippen LogP contribution < -0.4 is 15.5 Å². The Balaban J connectivity index is 0.00000205. The Morgan fingerprint density at radius 3 is 1.97 bits per heavy atom. The van der Waals surface area contributed by atoms with Gasteiger partial charge in [-0.15, -0.1) is 0 Å². The maximum atomic E-state index is 13.2. The van der Waals surface area contributed by atoms with Crippen molar-refractivity contribution in [2.24, 2.45) is 0 Å². The monoisotopic (exact) mass is 523 g/mol. The number of hydrogen-bond donors (Lipinski definition) is 2. The van der Waals surface area contributed by atoms with Gasteiger partial charge in [0.2, 0.25) is 0 Å². The molecule has 4 rings (SSSR count). The van der Waals surface area contributed by atoms with Crippen LogP contribution in [-0.2, 0) is 24.4 Å². The lowest BCUT2D eigenvalue weighted by Crippen LogP contribution is -2.25. The molecule has 2 amide bonds. The summed E-state index contributed by atoms with van der Waals surface area (Å²) < 4.78 is 5.33. The lowest BCUT2D eigenvalue weighted by Gasteiger charge is -2.15. The van der Waals surface area contributed by atoms with Crippen LogP contribution in [0.1, 0.15) is 40.9 Å². The van der Waals surface area contributed by atoms with Crippen molar-refractivity contribution >= 4 is 17.7 Å². The Kier molecular flexibility index (Phi) is 11.1. The Morgan fingerprint density at radius 1 is 0.667 bits per heavy atom. The van der Waals surface area contributed by atoms with Gasteiger partial charge in [-0.05, 0) is 46.0 Å². The molecule has 0 unspecified atom stereocenters. The molecule has 0 fully saturated rings. The zero-order valence-corrected chi connectivity index (χ0v) is 23.1. The molecule has 0 aliphatic rings. The summed E-state index contributed by atoms with van der Waals surface area (Å²) in [6.07, 6.45) is -0.495. The van der Waals surface area contributed by atoms with Crippen molar-refractivity contribution in [1.29, 1.82) is 0 Å². The maximum Gasteiger partial charge on any atom is 0.407 e. The Hall–Kier alpha value is -4.58. The van der Waals surface area contributed by atoms with Crippen LogP contribution in [0.2, 0.25) is 0 Å². The molecule has 0 aliphatic heterocycles. The number of rotatable bonds is 9. The SMILES string of the molecule is CC.CN(C)c1ccc(CNC(=O)c2ccccc2-c2ccccc2CNC(=O)OCc2ccccc2)cc1. The lowest BCUT2D eigenvalue weighted by atomic mass is 9.95. The fraction of sp³-hybridized carbons (Fsp3) is 0.212. The van der Waals surface area contributed by atoms with Gasteiger partial charge in [-0.3, -0.25) is 4.79 Å². The van der Waals surface area contributed by atoms with Gasteiger partial charge >= 0.3 is 6.09 Å². The molecule has 0 heterocycles. The van der Waals surface area contributed by atoms with Crippen molar-refractivity contribution in [2.45, 2.75) is 33.5 Å². The van der Waals surface area contributed by atoms with Crippen LogP contribution in [-0.4, -0.2) is 26.1 Å². The van der Waals surface area contributed by atoms with E-state index in [4.69, 9.17) is 4.74 Å². The van der Waals surface area contributed by atoms with Crippen molar-refractivity contribution in [2.75, 3.05) is 19.0 Å². The van der Waals surface area contributed by atoms with Crippen LogP contribution in [0.5, 0.6) is 0 Å². The Morgan fingerprint density at radius 2 is 1.28 bits per heavy atom. The minimum absolute atomic E-state index is 0.155. The van der Waals surface area contributed by atoms with E-state index in [0.717, 1.165) is 33.5 Å². The number of benzene rings is 4. The van der Waals surface area contributed by atoms with Crippen molar-refractivity contribution in [1.82, 2.24) is 10.6 Å². The first-order chi connectivity index (χ1) is 19.0. The summed E-state index contributed by atoms with van der Waals surface area (Å²) in [5, 5.41) is 5.86. The topological polar surface area (TPSA) is 70.7 Å². The average Bonchev–Trinajstić information content (AvgIpc) is 2.99. The van der Waals surface area contributed by atoms with E-state index in [2.05, 4.69) is 10.6 Å². The van der Waals surface area contributed by atoms with E-state index in [1.54, 1.807) is 0 Å². The Labute approximate surface area is 231 Å². The molecular formula is C33H37N3O3. The van der Waals surface area contributed by atoms with Gasteiger partial charge in [0.15, 0.2) is 0 Å². The minimum Gasteiger partial charge on any atom is -0.445 e. The number of anilines is 1. The van der Waals surface area contributed by atoms with Gasteiger partial charge in [0.05, 0.1) is 0 Å². The average molecular weight is 524 g/mol. The highest BCUT2D eigenvalue weighted by Crippen LogP contribution is 2.27. The molecule has 0 saturated carbocycles. The van der Waals surface area contributed by atoms with Crippen molar-refractivity contribution < 1.29 is 14.3 Å². The number of hydrogen-bond acceptors (Lipinski definition) is 4. The van der Waals surface area contributed by atoms with E-state index in [9.17, 15) is 9.59 Å². The fourth-order valence-corrected chi connectivity index (χ4v) is 3.98.